The number of carbonyl (C=O) groups excluding carboxylic acids is 2. The number of rotatable bonds is 1. The van der Waals surface area contributed by atoms with Crippen LogP contribution < -0.4 is 10.6 Å². The van der Waals surface area contributed by atoms with E-state index in [1.165, 1.54) is 0 Å². The van der Waals surface area contributed by atoms with Gasteiger partial charge < -0.3 is 10.6 Å². The Labute approximate surface area is 103 Å². The van der Waals surface area contributed by atoms with Crippen molar-refractivity contribution in [1.29, 1.82) is 0 Å². The van der Waals surface area contributed by atoms with Crippen LogP contribution in [0.15, 0.2) is 18.2 Å². The third-order valence-electron chi connectivity index (χ3n) is 3.79. The number of benzene rings is 1. The third kappa shape index (κ3) is 1.13. The van der Waals surface area contributed by atoms with E-state index in [4.69, 9.17) is 17.3 Å². The summed E-state index contributed by atoms with van der Waals surface area (Å²) >= 11 is 5.96. The largest absolute Gasteiger partial charge is 0.369 e. The van der Waals surface area contributed by atoms with E-state index in [2.05, 4.69) is 0 Å². The molecule has 0 radical (unpaired) electrons. The van der Waals surface area contributed by atoms with E-state index >= 15 is 0 Å². The maximum atomic E-state index is 12.2. The lowest BCUT2D eigenvalue weighted by Gasteiger charge is -2.10. The number of hydrogen-bond acceptors (Lipinski definition) is 2. The minimum absolute atomic E-state index is 0.0569. The van der Waals surface area contributed by atoms with Crippen molar-refractivity contribution in [3.63, 3.8) is 0 Å². The first-order chi connectivity index (χ1) is 7.98. The number of likely N-dealkylation sites (N-methyl/N-ethyl adjacent to an activating group) is 1. The zero-order valence-corrected chi connectivity index (χ0v) is 9.99. The van der Waals surface area contributed by atoms with Crippen LogP contribution in [0.3, 0.4) is 0 Å². The minimum atomic E-state index is -0.735. The highest BCUT2D eigenvalue weighted by Crippen LogP contribution is 2.61. The second-order valence-electron chi connectivity index (χ2n) is 4.66. The number of fused-ring (bicyclic) bond motifs is 2. The van der Waals surface area contributed by atoms with E-state index < -0.39 is 17.2 Å². The molecule has 2 amide bonds. The van der Waals surface area contributed by atoms with Crippen LogP contribution in [0.5, 0.6) is 0 Å². The first-order valence-corrected chi connectivity index (χ1v) is 5.74. The Kier molecular flexibility index (Phi) is 1.88. The highest BCUT2D eigenvalue weighted by atomic mass is 35.5. The first-order valence-electron chi connectivity index (χ1n) is 5.36. The smallest absolute Gasteiger partial charge is 0.238 e. The van der Waals surface area contributed by atoms with E-state index in [0.717, 1.165) is 11.3 Å². The van der Waals surface area contributed by atoms with Crippen LogP contribution in [0, 0.1) is 5.92 Å². The molecule has 4 nitrogen and oxygen atoms in total. The molecule has 0 unspecified atom stereocenters. The van der Waals surface area contributed by atoms with Gasteiger partial charge in [-0.25, -0.2) is 0 Å². The van der Waals surface area contributed by atoms with Crippen LogP contribution in [0.2, 0.25) is 5.02 Å². The molecule has 1 heterocycles. The van der Waals surface area contributed by atoms with Crippen LogP contribution in [0.25, 0.3) is 0 Å². The Morgan fingerprint density at radius 2 is 2.29 bits per heavy atom. The van der Waals surface area contributed by atoms with Crippen LogP contribution >= 0.6 is 11.6 Å². The van der Waals surface area contributed by atoms with Gasteiger partial charge >= 0.3 is 0 Å². The molecule has 1 aliphatic heterocycles. The Balaban J connectivity index is 2.18. The van der Waals surface area contributed by atoms with Crippen LogP contribution in [0.4, 0.5) is 5.69 Å². The van der Waals surface area contributed by atoms with Gasteiger partial charge in [0.1, 0.15) is 0 Å². The van der Waals surface area contributed by atoms with Gasteiger partial charge in [0.2, 0.25) is 11.8 Å². The molecule has 1 aliphatic carbocycles. The number of nitrogens with two attached hydrogens (primary N) is 1. The maximum Gasteiger partial charge on any atom is 0.238 e. The van der Waals surface area contributed by atoms with Crippen molar-refractivity contribution >= 4 is 29.1 Å². The summed E-state index contributed by atoms with van der Waals surface area (Å²) in [4.78, 5) is 25.1. The number of anilines is 1. The summed E-state index contributed by atoms with van der Waals surface area (Å²) < 4.78 is 0. The van der Waals surface area contributed by atoms with Crippen molar-refractivity contribution in [2.45, 2.75) is 11.8 Å². The van der Waals surface area contributed by atoms with Crippen molar-refractivity contribution in [3.8, 4) is 0 Å². The molecule has 1 aromatic carbocycles. The number of hydrogen-bond donors (Lipinski definition) is 1. The fraction of sp³-hybridized carbons (Fsp3) is 0.333. The molecule has 0 aromatic heterocycles. The molecule has 1 saturated carbocycles. The lowest BCUT2D eigenvalue weighted by molar-refractivity contribution is -0.124. The van der Waals surface area contributed by atoms with Gasteiger partial charge in [0.25, 0.3) is 0 Å². The summed E-state index contributed by atoms with van der Waals surface area (Å²) in [6.07, 6.45) is 0.499. The van der Waals surface area contributed by atoms with E-state index in [9.17, 15) is 9.59 Å². The second kappa shape index (κ2) is 3.01. The number of amides is 2. The lowest BCUT2D eigenvalue weighted by Crippen LogP contribution is -2.32. The van der Waals surface area contributed by atoms with Gasteiger partial charge in [-0.1, -0.05) is 11.6 Å². The first kappa shape index (κ1) is 10.6. The summed E-state index contributed by atoms with van der Waals surface area (Å²) in [7, 11) is 1.71. The van der Waals surface area contributed by atoms with Gasteiger partial charge in [0, 0.05) is 17.8 Å². The zero-order chi connectivity index (χ0) is 12.4. The fourth-order valence-electron chi connectivity index (χ4n) is 2.82. The molecular weight excluding hydrogens is 240 g/mol. The molecule has 0 saturated heterocycles. The molecular formula is C12H11ClN2O2. The number of carbonyl (C=O) groups is 2. The predicted octanol–water partition coefficient (Wildman–Crippen LogP) is 1.06. The summed E-state index contributed by atoms with van der Waals surface area (Å²) in [5, 5.41) is 0.571. The van der Waals surface area contributed by atoms with Crippen molar-refractivity contribution in [1.82, 2.24) is 0 Å². The molecule has 2 N–H and O–H groups in total. The average molecular weight is 251 g/mol. The molecule has 0 bridgehead atoms. The van der Waals surface area contributed by atoms with Crippen molar-refractivity contribution in [2.24, 2.45) is 11.7 Å². The Morgan fingerprint density at radius 3 is 2.88 bits per heavy atom. The maximum absolute atomic E-state index is 12.2. The van der Waals surface area contributed by atoms with Gasteiger partial charge in [-0.3, -0.25) is 9.59 Å². The molecule has 1 aromatic rings. The molecule has 1 fully saturated rings. The number of primary amides is 1. The highest BCUT2D eigenvalue weighted by molar-refractivity contribution is 6.31. The lowest BCUT2D eigenvalue weighted by atomic mass is 9.94. The molecule has 2 aliphatic rings. The third-order valence-corrected chi connectivity index (χ3v) is 4.03. The van der Waals surface area contributed by atoms with E-state index in [1.54, 1.807) is 30.1 Å². The summed E-state index contributed by atoms with van der Waals surface area (Å²) in [6.45, 7) is 0. The quantitative estimate of drug-likeness (QED) is 0.810. The molecule has 88 valence electrons. The topological polar surface area (TPSA) is 63.4 Å². The van der Waals surface area contributed by atoms with Crippen molar-refractivity contribution in [3.05, 3.63) is 28.8 Å². The number of halogens is 1. The monoisotopic (exact) mass is 250 g/mol. The summed E-state index contributed by atoms with van der Waals surface area (Å²) in [5.41, 5.74) is 6.23. The van der Waals surface area contributed by atoms with Gasteiger partial charge in [-0.15, -0.1) is 0 Å². The van der Waals surface area contributed by atoms with Crippen LogP contribution in [-0.2, 0) is 15.0 Å². The SMILES string of the molecule is CN1C(=O)[C@@]2(C[C@@H]2C(N)=O)c2cc(Cl)ccc21. The van der Waals surface area contributed by atoms with Gasteiger partial charge in [0.05, 0.1) is 11.3 Å². The van der Waals surface area contributed by atoms with Crippen LogP contribution in [-0.4, -0.2) is 18.9 Å². The van der Waals surface area contributed by atoms with Gasteiger partial charge in [-0.2, -0.15) is 0 Å². The highest BCUT2D eigenvalue weighted by Gasteiger charge is 2.68. The van der Waals surface area contributed by atoms with E-state index in [-0.39, 0.29) is 5.91 Å². The molecule has 3 rings (SSSR count). The minimum Gasteiger partial charge on any atom is -0.369 e. The Hall–Kier alpha value is -1.55. The van der Waals surface area contributed by atoms with E-state index in [1.807, 2.05) is 0 Å². The van der Waals surface area contributed by atoms with Crippen LogP contribution in [0.1, 0.15) is 12.0 Å². The Bertz CT molecular complexity index is 557. The summed E-state index contributed by atoms with van der Waals surface area (Å²) in [5.74, 6) is -0.865. The predicted molar refractivity (Wildman–Crippen MR) is 63.8 cm³/mol. The van der Waals surface area contributed by atoms with Gasteiger partial charge in [0.15, 0.2) is 0 Å². The number of nitrogens with zero attached hydrogens (tertiary/aromatic N) is 1. The molecule has 5 heteroatoms. The van der Waals surface area contributed by atoms with Crippen molar-refractivity contribution < 1.29 is 9.59 Å². The zero-order valence-electron chi connectivity index (χ0n) is 9.24. The molecule has 2 atom stereocenters. The van der Waals surface area contributed by atoms with E-state index in [0.29, 0.717) is 11.4 Å². The second-order valence-corrected chi connectivity index (χ2v) is 5.09. The fourth-order valence-corrected chi connectivity index (χ4v) is 2.99. The Morgan fingerprint density at radius 1 is 1.59 bits per heavy atom. The molecule has 1 spiro atoms. The average Bonchev–Trinajstić information content (AvgIpc) is 2.99. The van der Waals surface area contributed by atoms with Crippen molar-refractivity contribution in [2.75, 3.05) is 11.9 Å². The normalized spacial score (nSPS) is 29.6. The summed E-state index contributed by atoms with van der Waals surface area (Å²) in [6, 6.07) is 5.31. The molecule has 17 heavy (non-hydrogen) atoms. The standard InChI is InChI=1S/C12H11ClN2O2/c1-15-9-3-2-6(13)4-7(9)12(11(15)17)5-8(12)10(14)16/h2-4,8H,5H2,1H3,(H2,14,16)/t8-,12+/m1/s1. The van der Waals surface area contributed by atoms with Gasteiger partial charge in [-0.05, 0) is 30.2 Å².